The number of ether oxygens (including phenoxy) is 1. The minimum atomic E-state index is -0.977. The Morgan fingerprint density at radius 1 is 1.35 bits per heavy atom. The Kier molecular flexibility index (Phi) is 5.63. The first-order valence-electron chi connectivity index (χ1n) is 8.48. The highest BCUT2D eigenvalue weighted by atomic mass is 19.1. The number of carboxylic acids is 1. The van der Waals surface area contributed by atoms with E-state index in [1.807, 2.05) is 24.3 Å². The minimum absolute atomic E-state index is 0.246. The summed E-state index contributed by atoms with van der Waals surface area (Å²) in [5, 5.41) is 13.4. The quantitative estimate of drug-likeness (QED) is 0.820. The van der Waals surface area contributed by atoms with Gasteiger partial charge in [-0.05, 0) is 41.8 Å². The van der Waals surface area contributed by atoms with Gasteiger partial charge >= 0.3 is 5.97 Å². The van der Waals surface area contributed by atoms with Gasteiger partial charge in [0.15, 0.2) is 12.2 Å². The Hall–Kier alpha value is -2.73. The van der Waals surface area contributed by atoms with Crippen molar-refractivity contribution in [2.24, 2.45) is 5.16 Å². The number of hydrogen-bond acceptors (Lipinski definition) is 4. The second-order valence-electron chi connectivity index (χ2n) is 6.07. The number of benzene rings is 2. The number of hydrogen-bond donors (Lipinski definition) is 1. The summed E-state index contributed by atoms with van der Waals surface area (Å²) in [5.41, 5.74) is 3.39. The molecule has 1 aliphatic heterocycles. The predicted octanol–water partition coefficient (Wildman–Crippen LogP) is 3.72. The zero-order valence-corrected chi connectivity index (χ0v) is 14.4. The highest BCUT2D eigenvalue weighted by Gasteiger charge is 2.24. The molecule has 0 fully saturated rings. The van der Waals surface area contributed by atoms with Crippen LogP contribution in [0.5, 0.6) is 0 Å². The molecular weight excluding hydrogens is 337 g/mol. The van der Waals surface area contributed by atoms with Crippen molar-refractivity contribution in [2.45, 2.75) is 32.0 Å². The van der Waals surface area contributed by atoms with Gasteiger partial charge in [-0.25, -0.2) is 9.18 Å². The van der Waals surface area contributed by atoms with Crippen molar-refractivity contribution >= 4 is 11.7 Å². The molecule has 1 aliphatic rings. The molecule has 2 aromatic rings. The molecule has 136 valence electrons. The molecule has 0 saturated carbocycles. The van der Waals surface area contributed by atoms with E-state index in [9.17, 15) is 14.3 Å². The van der Waals surface area contributed by atoms with Gasteiger partial charge in [0.25, 0.3) is 0 Å². The largest absolute Gasteiger partial charge is 0.479 e. The molecule has 0 amide bonds. The van der Waals surface area contributed by atoms with Crippen LogP contribution in [-0.4, -0.2) is 29.5 Å². The van der Waals surface area contributed by atoms with Crippen molar-refractivity contribution in [3.63, 3.8) is 0 Å². The van der Waals surface area contributed by atoms with Crippen molar-refractivity contribution in [2.75, 3.05) is 6.61 Å². The van der Waals surface area contributed by atoms with Crippen LogP contribution in [0.25, 0.3) is 0 Å². The van der Waals surface area contributed by atoms with Gasteiger partial charge in [-0.15, -0.1) is 0 Å². The van der Waals surface area contributed by atoms with Crippen LogP contribution in [0.4, 0.5) is 4.39 Å². The van der Waals surface area contributed by atoms with E-state index in [-0.39, 0.29) is 18.3 Å². The summed E-state index contributed by atoms with van der Waals surface area (Å²) in [7, 11) is 0. The standard InChI is InChI=1S/C20H20FNO4/c1-2-25-19(20(23)24)11-13-4-3-5-15(10-13)17-12-18(26-22-17)14-6-8-16(21)9-7-14/h3-10,18-19H,2,11-12H2,1H3,(H,23,24)/t18?,19-/m0/s1. The zero-order valence-electron chi connectivity index (χ0n) is 14.4. The Morgan fingerprint density at radius 2 is 2.12 bits per heavy atom. The summed E-state index contributed by atoms with van der Waals surface area (Å²) < 4.78 is 18.3. The van der Waals surface area contributed by atoms with E-state index in [0.29, 0.717) is 13.0 Å². The predicted molar refractivity (Wildman–Crippen MR) is 94.6 cm³/mol. The van der Waals surface area contributed by atoms with Crippen molar-refractivity contribution in [1.29, 1.82) is 0 Å². The highest BCUT2D eigenvalue weighted by molar-refractivity contribution is 6.01. The topological polar surface area (TPSA) is 68.1 Å². The van der Waals surface area contributed by atoms with E-state index in [4.69, 9.17) is 9.57 Å². The zero-order chi connectivity index (χ0) is 18.5. The fourth-order valence-electron chi connectivity index (χ4n) is 2.91. The van der Waals surface area contributed by atoms with Crippen LogP contribution in [0.3, 0.4) is 0 Å². The van der Waals surface area contributed by atoms with Crippen LogP contribution in [0, 0.1) is 5.82 Å². The third kappa shape index (κ3) is 4.26. The lowest BCUT2D eigenvalue weighted by Crippen LogP contribution is -2.26. The third-order valence-electron chi connectivity index (χ3n) is 4.24. The van der Waals surface area contributed by atoms with E-state index < -0.39 is 12.1 Å². The Labute approximate surface area is 151 Å². The number of carbonyl (C=O) groups is 1. The summed E-state index contributed by atoms with van der Waals surface area (Å²) in [4.78, 5) is 16.8. The van der Waals surface area contributed by atoms with Gasteiger partial charge in [0.2, 0.25) is 0 Å². The minimum Gasteiger partial charge on any atom is -0.479 e. The molecule has 1 unspecified atom stereocenters. The molecule has 0 spiro atoms. The van der Waals surface area contributed by atoms with Crippen molar-refractivity contribution in [3.05, 3.63) is 71.0 Å². The molecule has 1 N–H and O–H groups in total. The lowest BCUT2D eigenvalue weighted by molar-refractivity contribution is -0.149. The molecule has 2 atom stereocenters. The number of rotatable bonds is 7. The number of nitrogens with zero attached hydrogens (tertiary/aromatic N) is 1. The molecule has 0 radical (unpaired) electrons. The summed E-state index contributed by atoms with van der Waals surface area (Å²) in [6.07, 6.45) is -0.261. The highest BCUT2D eigenvalue weighted by Crippen LogP contribution is 2.29. The molecule has 1 heterocycles. The summed E-state index contributed by atoms with van der Waals surface area (Å²) >= 11 is 0. The van der Waals surface area contributed by atoms with Gasteiger partial charge in [0, 0.05) is 19.4 Å². The third-order valence-corrected chi connectivity index (χ3v) is 4.24. The van der Waals surface area contributed by atoms with Crippen molar-refractivity contribution in [3.8, 4) is 0 Å². The molecule has 3 rings (SSSR count). The van der Waals surface area contributed by atoms with Crippen LogP contribution in [0.15, 0.2) is 53.7 Å². The van der Waals surface area contributed by atoms with Gasteiger partial charge in [-0.2, -0.15) is 0 Å². The molecule has 6 heteroatoms. The van der Waals surface area contributed by atoms with Crippen LogP contribution in [-0.2, 0) is 20.8 Å². The number of aliphatic carboxylic acids is 1. The average molecular weight is 357 g/mol. The van der Waals surface area contributed by atoms with E-state index in [2.05, 4.69) is 5.16 Å². The molecule has 0 aromatic heterocycles. The lowest BCUT2D eigenvalue weighted by Gasteiger charge is -2.13. The van der Waals surface area contributed by atoms with Crippen molar-refractivity contribution in [1.82, 2.24) is 0 Å². The first kappa shape index (κ1) is 18.1. The number of carboxylic acid groups (broad SMARTS) is 1. The Balaban J connectivity index is 1.70. The maximum absolute atomic E-state index is 13.1. The molecule has 2 aromatic carbocycles. The van der Waals surface area contributed by atoms with Gasteiger partial charge in [-0.1, -0.05) is 35.5 Å². The fraction of sp³-hybridized carbons (Fsp3) is 0.300. The lowest BCUT2D eigenvalue weighted by atomic mass is 9.97. The SMILES string of the molecule is CCO[C@@H](Cc1cccc(C2=NOC(c3ccc(F)cc3)C2)c1)C(=O)O. The van der Waals surface area contributed by atoms with Crippen LogP contribution in [0.1, 0.15) is 36.1 Å². The van der Waals surface area contributed by atoms with E-state index in [1.54, 1.807) is 19.1 Å². The Bertz CT molecular complexity index is 804. The smallest absolute Gasteiger partial charge is 0.333 e. The average Bonchev–Trinajstić information content (AvgIpc) is 3.12. The first-order chi connectivity index (χ1) is 12.6. The molecule has 26 heavy (non-hydrogen) atoms. The van der Waals surface area contributed by atoms with Crippen LogP contribution >= 0.6 is 0 Å². The summed E-state index contributed by atoms with van der Waals surface area (Å²) in [6.45, 7) is 2.11. The molecule has 5 nitrogen and oxygen atoms in total. The molecular formula is C20H20FNO4. The van der Waals surface area contributed by atoms with Gasteiger partial charge in [0.05, 0.1) is 5.71 Å². The first-order valence-corrected chi connectivity index (χ1v) is 8.48. The van der Waals surface area contributed by atoms with Gasteiger partial charge in [0.1, 0.15) is 5.82 Å². The second kappa shape index (κ2) is 8.10. The molecule has 0 bridgehead atoms. The van der Waals surface area contributed by atoms with Crippen LogP contribution < -0.4 is 0 Å². The number of halogens is 1. The molecule has 0 saturated heterocycles. The summed E-state index contributed by atoms with van der Waals surface area (Å²) in [5.74, 6) is -1.27. The van der Waals surface area contributed by atoms with Gasteiger partial charge < -0.3 is 14.7 Å². The normalized spacial score (nSPS) is 17.5. The maximum atomic E-state index is 13.1. The summed E-state index contributed by atoms with van der Waals surface area (Å²) in [6, 6.07) is 13.7. The second-order valence-corrected chi connectivity index (χ2v) is 6.07. The van der Waals surface area contributed by atoms with Crippen molar-refractivity contribution < 1.29 is 23.9 Å². The Morgan fingerprint density at radius 3 is 2.81 bits per heavy atom. The number of oxime groups is 1. The van der Waals surface area contributed by atoms with Gasteiger partial charge in [-0.3, -0.25) is 0 Å². The van der Waals surface area contributed by atoms with Crippen LogP contribution in [0.2, 0.25) is 0 Å². The monoisotopic (exact) mass is 357 g/mol. The maximum Gasteiger partial charge on any atom is 0.333 e. The molecule has 0 aliphatic carbocycles. The van der Waals surface area contributed by atoms with E-state index in [1.165, 1.54) is 12.1 Å². The fourth-order valence-corrected chi connectivity index (χ4v) is 2.91. The van der Waals surface area contributed by atoms with E-state index in [0.717, 1.165) is 22.4 Å². The van der Waals surface area contributed by atoms with E-state index >= 15 is 0 Å².